The van der Waals surface area contributed by atoms with Gasteiger partial charge in [0.05, 0.1) is 5.56 Å². The van der Waals surface area contributed by atoms with Crippen LogP contribution in [0.1, 0.15) is 38.3 Å². The third kappa shape index (κ3) is 4.40. The van der Waals surface area contributed by atoms with E-state index in [1.807, 2.05) is 11.8 Å². The first-order valence-corrected chi connectivity index (χ1v) is 7.96. The van der Waals surface area contributed by atoms with Crippen molar-refractivity contribution in [3.63, 3.8) is 0 Å². The summed E-state index contributed by atoms with van der Waals surface area (Å²) in [5.74, 6) is 0.367. The quantitative estimate of drug-likeness (QED) is 0.614. The van der Waals surface area contributed by atoms with Crippen molar-refractivity contribution in [3.8, 4) is 0 Å². The monoisotopic (exact) mass is 351 g/mol. The van der Waals surface area contributed by atoms with Gasteiger partial charge in [0.1, 0.15) is 0 Å². The van der Waals surface area contributed by atoms with Crippen LogP contribution in [0, 0.1) is 5.92 Å². The smallest absolute Gasteiger partial charge is 0.371 e. The summed E-state index contributed by atoms with van der Waals surface area (Å²) in [6.07, 6.45) is -3.37. The molecule has 114 valence electrons. The number of nitrogens with zero attached hydrogens (tertiary/aromatic N) is 1. The van der Waals surface area contributed by atoms with Crippen LogP contribution in [0.3, 0.4) is 0 Å². The molecule has 5 heteroatoms. The SMILES string of the molecule is CCC(C)CN(CC)c1ccc(CBr)cc1C(F)(F)F. The number of halogens is 4. The molecule has 0 aliphatic carbocycles. The fraction of sp³-hybridized carbons (Fsp3) is 0.600. The van der Waals surface area contributed by atoms with Crippen LogP contribution in [0.4, 0.5) is 18.9 Å². The number of rotatable bonds is 6. The van der Waals surface area contributed by atoms with Crippen LogP contribution in [-0.2, 0) is 11.5 Å². The summed E-state index contributed by atoms with van der Waals surface area (Å²) in [6.45, 7) is 7.21. The first kappa shape index (κ1) is 17.3. The number of anilines is 1. The Labute approximate surface area is 127 Å². The normalized spacial score (nSPS) is 13.3. The lowest BCUT2D eigenvalue weighted by Gasteiger charge is -2.29. The Morgan fingerprint density at radius 2 is 1.90 bits per heavy atom. The second-order valence-electron chi connectivity index (χ2n) is 5.03. The maximum atomic E-state index is 13.2. The highest BCUT2D eigenvalue weighted by Gasteiger charge is 2.35. The summed E-state index contributed by atoms with van der Waals surface area (Å²) in [7, 11) is 0. The predicted octanol–water partition coefficient (Wildman–Crippen LogP) is 5.47. The van der Waals surface area contributed by atoms with Crippen LogP contribution in [-0.4, -0.2) is 13.1 Å². The molecule has 1 atom stereocenters. The van der Waals surface area contributed by atoms with Crippen LogP contribution in [0.15, 0.2) is 18.2 Å². The van der Waals surface area contributed by atoms with Crippen molar-refractivity contribution in [1.82, 2.24) is 0 Å². The minimum Gasteiger partial charge on any atom is -0.371 e. The summed E-state index contributed by atoms with van der Waals surface area (Å²) >= 11 is 3.21. The summed E-state index contributed by atoms with van der Waals surface area (Å²) < 4.78 is 39.7. The van der Waals surface area contributed by atoms with E-state index in [0.717, 1.165) is 6.42 Å². The zero-order valence-corrected chi connectivity index (χ0v) is 13.7. The van der Waals surface area contributed by atoms with E-state index in [2.05, 4.69) is 29.8 Å². The second-order valence-corrected chi connectivity index (χ2v) is 5.60. The van der Waals surface area contributed by atoms with Gasteiger partial charge in [0.25, 0.3) is 0 Å². The number of alkyl halides is 4. The molecule has 1 aromatic rings. The highest BCUT2D eigenvalue weighted by molar-refractivity contribution is 9.08. The van der Waals surface area contributed by atoms with E-state index in [4.69, 9.17) is 0 Å². The Morgan fingerprint density at radius 1 is 1.25 bits per heavy atom. The van der Waals surface area contributed by atoms with Gasteiger partial charge in [-0.2, -0.15) is 13.2 Å². The van der Waals surface area contributed by atoms with E-state index in [0.29, 0.717) is 29.9 Å². The van der Waals surface area contributed by atoms with Gasteiger partial charge in [0, 0.05) is 24.1 Å². The van der Waals surface area contributed by atoms with Crippen LogP contribution >= 0.6 is 15.9 Å². The Morgan fingerprint density at radius 3 is 2.35 bits per heavy atom. The lowest BCUT2D eigenvalue weighted by Crippen LogP contribution is -2.30. The van der Waals surface area contributed by atoms with E-state index < -0.39 is 11.7 Å². The zero-order valence-electron chi connectivity index (χ0n) is 12.1. The van der Waals surface area contributed by atoms with Gasteiger partial charge in [0.2, 0.25) is 0 Å². The Kier molecular flexibility index (Phi) is 6.37. The third-order valence-electron chi connectivity index (χ3n) is 3.47. The Hall–Kier alpha value is -0.710. The molecule has 0 fully saturated rings. The highest BCUT2D eigenvalue weighted by atomic mass is 79.9. The van der Waals surface area contributed by atoms with E-state index in [1.54, 1.807) is 12.1 Å². The molecule has 0 radical (unpaired) electrons. The fourth-order valence-electron chi connectivity index (χ4n) is 2.07. The molecule has 1 unspecified atom stereocenters. The van der Waals surface area contributed by atoms with Crippen molar-refractivity contribution in [1.29, 1.82) is 0 Å². The molecular formula is C15H21BrF3N. The molecule has 0 amide bonds. The second kappa shape index (κ2) is 7.34. The van der Waals surface area contributed by atoms with Gasteiger partial charge in [-0.1, -0.05) is 42.3 Å². The largest absolute Gasteiger partial charge is 0.418 e. The third-order valence-corrected chi connectivity index (χ3v) is 4.12. The van der Waals surface area contributed by atoms with E-state index in [-0.39, 0.29) is 5.69 Å². The molecule has 0 spiro atoms. The van der Waals surface area contributed by atoms with Gasteiger partial charge in [-0.3, -0.25) is 0 Å². The van der Waals surface area contributed by atoms with Gasteiger partial charge in [-0.25, -0.2) is 0 Å². The maximum Gasteiger partial charge on any atom is 0.418 e. The van der Waals surface area contributed by atoms with Crippen molar-refractivity contribution in [2.24, 2.45) is 5.92 Å². The lowest BCUT2D eigenvalue weighted by molar-refractivity contribution is -0.137. The van der Waals surface area contributed by atoms with Gasteiger partial charge in [-0.05, 0) is 30.5 Å². The van der Waals surface area contributed by atoms with E-state index in [9.17, 15) is 13.2 Å². The van der Waals surface area contributed by atoms with Crippen LogP contribution < -0.4 is 4.90 Å². The predicted molar refractivity (Wildman–Crippen MR) is 81.4 cm³/mol. The topological polar surface area (TPSA) is 3.24 Å². The fourth-order valence-corrected chi connectivity index (χ4v) is 2.42. The van der Waals surface area contributed by atoms with Crippen LogP contribution in [0.2, 0.25) is 0 Å². The molecule has 1 nitrogen and oxygen atoms in total. The Bertz CT molecular complexity index is 432. The molecule has 0 saturated heterocycles. The minimum atomic E-state index is -4.32. The van der Waals surface area contributed by atoms with E-state index in [1.165, 1.54) is 6.07 Å². The molecular weight excluding hydrogens is 331 g/mol. The lowest BCUT2D eigenvalue weighted by atomic mass is 10.0. The van der Waals surface area contributed by atoms with Gasteiger partial charge in [-0.15, -0.1) is 0 Å². The van der Waals surface area contributed by atoms with Crippen molar-refractivity contribution < 1.29 is 13.2 Å². The van der Waals surface area contributed by atoms with Gasteiger partial charge < -0.3 is 4.90 Å². The van der Waals surface area contributed by atoms with Crippen LogP contribution in [0.25, 0.3) is 0 Å². The van der Waals surface area contributed by atoms with Crippen molar-refractivity contribution in [2.75, 3.05) is 18.0 Å². The molecule has 0 heterocycles. The first-order valence-electron chi connectivity index (χ1n) is 6.84. The van der Waals surface area contributed by atoms with E-state index >= 15 is 0 Å². The molecule has 20 heavy (non-hydrogen) atoms. The number of hydrogen-bond donors (Lipinski definition) is 0. The van der Waals surface area contributed by atoms with Gasteiger partial charge >= 0.3 is 6.18 Å². The average molecular weight is 352 g/mol. The minimum absolute atomic E-state index is 0.282. The standard InChI is InChI=1S/C15H21BrF3N/c1-4-11(3)10-20(5-2)14-7-6-12(9-16)8-13(14)15(17,18)19/h6-8,11H,4-5,9-10H2,1-3H3. The summed E-state index contributed by atoms with van der Waals surface area (Å²) in [6, 6.07) is 4.58. The highest BCUT2D eigenvalue weighted by Crippen LogP contribution is 2.37. The number of hydrogen-bond acceptors (Lipinski definition) is 1. The summed E-state index contributed by atoms with van der Waals surface area (Å²) in [5.41, 5.74) is 0.380. The van der Waals surface area contributed by atoms with Crippen molar-refractivity contribution in [2.45, 2.75) is 38.7 Å². The van der Waals surface area contributed by atoms with Crippen LogP contribution in [0.5, 0.6) is 0 Å². The molecule has 0 aliphatic heterocycles. The summed E-state index contributed by atoms with van der Waals surface area (Å²) in [5, 5.41) is 0.424. The first-order chi connectivity index (χ1) is 9.33. The number of benzene rings is 1. The van der Waals surface area contributed by atoms with Gasteiger partial charge in [0.15, 0.2) is 0 Å². The maximum absolute atomic E-state index is 13.2. The summed E-state index contributed by atoms with van der Waals surface area (Å²) in [4.78, 5) is 1.81. The van der Waals surface area contributed by atoms with Crippen molar-refractivity contribution in [3.05, 3.63) is 29.3 Å². The molecule has 0 bridgehead atoms. The molecule has 0 N–H and O–H groups in total. The average Bonchev–Trinajstić information content (AvgIpc) is 2.42. The molecule has 0 aliphatic rings. The molecule has 0 aromatic heterocycles. The zero-order chi connectivity index (χ0) is 15.3. The molecule has 1 aromatic carbocycles. The van der Waals surface area contributed by atoms with Crippen molar-refractivity contribution >= 4 is 21.6 Å². The Balaban J connectivity index is 3.20. The molecule has 0 saturated carbocycles. The molecule has 1 rings (SSSR count).